The van der Waals surface area contributed by atoms with E-state index in [2.05, 4.69) is 31.2 Å². The summed E-state index contributed by atoms with van der Waals surface area (Å²) in [6, 6.07) is 5.89. The number of nitrogens with one attached hydrogen (secondary N) is 1. The Hall–Kier alpha value is -1.69. The maximum Gasteiger partial charge on any atom is 0.225 e. The van der Waals surface area contributed by atoms with Gasteiger partial charge in [-0.15, -0.1) is 0 Å². The third kappa shape index (κ3) is 3.13. The molecule has 6 heteroatoms. The van der Waals surface area contributed by atoms with Gasteiger partial charge in [0.15, 0.2) is 0 Å². The lowest BCUT2D eigenvalue weighted by atomic mass is 10.3. The second-order valence-electron chi connectivity index (χ2n) is 3.18. The SMILES string of the molecule is CNc1nccc(Oc2cc(F)cc(Br)c2)n1. The van der Waals surface area contributed by atoms with Crippen molar-refractivity contribution in [3.05, 3.63) is 40.8 Å². The van der Waals surface area contributed by atoms with Gasteiger partial charge in [-0.1, -0.05) is 15.9 Å². The number of rotatable bonds is 3. The molecule has 1 aromatic heterocycles. The number of halogens is 2. The van der Waals surface area contributed by atoms with Gasteiger partial charge in [-0.25, -0.2) is 9.37 Å². The highest BCUT2D eigenvalue weighted by Gasteiger charge is 2.03. The Morgan fingerprint density at radius 3 is 2.88 bits per heavy atom. The number of aromatic nitrogens is 2. The summed E-state index contributed by atoms with van der Waals surface area (Å²) in [7, 11) is 1.71. The zero-order valence-corrected chi connectivity index (χ0v) is 10.5. The Kier molecular flexibility index (Phi) is 3.53. The van der Waals surface area contributed by atoms with Crippen molar-refractivity contribution in [1.82, 2.24) is 9.97 Å². The van der Waals surface area contributed by atoms with E-state index >= 15 is 0 Å². The van der Waals surface area contributed by atoms with Crippen LogP contribution in [0.25, 0.3) is 0 Å². The Morgan fingerprint density at radius 1 is 1.35 bits per heavy atom. The molecule has 0 aliphatic rings. The molecular formula is C11H9BrFN3O. The molecule has 2 rings (SSSR count). The number of hydrogen-bond donors (Lipinski definition) is 1. The van der Waals surface area contributed by atoms with Crippen LogP contribution in [0.5, 0.6) is 11.6 Å². The van der Waals surface area contributed by atoms with E-state index in [9.17, 15) is 4.39 Å². The van der Waals surface area contributed by atoms with Gasteiger partial charge >= 0.3 is 0 Å². The summed E-state index contributed by atoms with van der Waals surface area (Å²) in [4.78, 5) is 8.01. The van der Waals surface area contributed by atoms with Gasteiger partial charge in [0, 0.05) is 29.8 Å². The van der Waals surface area contributed by atoms with Gasteiger partial charge in [0.05, 0.1) is 0 Å². The minimum absolute atomic E-state index is 0.349. The monoisotopic (exact) mass is 297 g/mol. The van der Waals surface area contributed by atoms with Crippen molar-refractivity contribution in [3.8, 4) is 11.6 Å². The van der Waals surface area contributed by atoms with Gasteiger partial charge in [-0.3, -0.25) is 0 Å². The van der Waals surface area contributed by atoms with Gasteiger partial charge < -0.3 is 10.1 Å². The highest BCUT2D eigenvalue weighted by atomic mass is 79.9. The molecule has 0 unspecified atom stereocenters. The fraction of sp³-hybridized carbons (Fsp3) is 0.0909. The van der Waals surface area contributed by atoms with Crippen LogP contribution in [0, 0.1) is 5.82 Å². The van der Waals surface area contributed by atoms with Crippen LogP contribution in [0.3, 0.4) is 0 Å². The van der Waals surface area contributed by atoms with Gasteiger partial charge in [0.1, 0.15) is 11.6 Å². The van der Waals surface area contributed by atoms with E-state index in [1.165, 1.54) is 12.1 Å². The van der Waals surface area contributed by atoms with Crippen molar-refractivity contribution in [2.24, 2.45) is 0 Å². The predicted octanol–water partition coefficient (Wildman–Crippen LogP) is 3.21. The lowest BCUT2D eigenvalue weighted by Crippen LogP contribution is -1.97. The molecule has 0 amide bonds. The molecule has 0 atom stereocenters. The first-order valence-electron chi connectivity index (χ1n) is 4.82. The third-order valence-corrected chi connectivity index (χ3v) is 2.37. The smallest absolute Gasteiger partial charge is 0.225 e. The van der Waals surface area contributed by atoms with Gasteiger partial charge in [0.25, 0.3) is 0 Å². The molecule has 0 saturated carbocycles. The fourth-order valence-electron chi connectivity index (χ4n) is 1.23. The lowest BCUT2D eigenvalue weighted by molar-refractivity contribution is 0.457. The summed E-state index contributed by atoms with van der Waals surface area (Å²) >= 11 is 3.19. The second-order valence-corrected chi connectivity index (χ2v) is 4.09. The summed E-state index contributed by atoms with van der Waals surface area (Å²) < 4.78 is 19.1. The summed E-state index contributed by atoms with van der Waals surface area (Å²) in [5, 5.41) is 2.79. The van der Waals surface area contributed by atoms with E-state index in [-0.39, 0.29) is 5.82 Å². The first kappa shape index (κ1) is 11.8. The van der Waals surface area contributed by atoms with E-state index in [4.69, 9.17) is 4.74 Å². The maximum absolute atomic E-state index is 13.1. The van der Waals surface area contributed by atoms with Crippen LogP contribution in [0.15, 0.2) is 34.9 Å². The maximum atomic E-state index is 13.1. The van der Waals surface area contributed by atoms with Crippen molar-refractivity contribution in [3.63, 3.8) is 0 Å². The topological polar surface area (TPSA) is 47.0 Å². The summed E-state index contributed by atoms with van der Waals surface area (Å²) in [6.45, 7) is 0. The quantitative estimate of drug-likeness (QED) is 0.945. The number of anilines is 1. The summed E-state index contributed by atoms with van der Waals surface area (Å²) in [5.41, 5.74) is 0. The number of benzene rings is 1. The lowest BCUT2D eigenvalue weighted by Gasteiger charge is -2.06. The molecule has 1 N–H and O–H groups in total. The average molecular weight is 298 g/mol. The first-order valence-corrected chi connectivity index (χ1v) is 5.61. The first-order chi connectivity index (χ1) is 8.17. The zero-order chi connectivity index (χ0) is 12.3. The summed E-state index contributed by atoms with van der Waals surface area (Å²) in [6.07, 6.45) is 1.56. The van der Waals surface area contributed by atoms with Crippen LogP contribution >= 0.6 is 15.9 Å². The third-order valence-electron chi connectivity index (χ3n) is 1.91. The highest BCUT2D eigenvalue weighted by Crippen LogP contribution is 2.24. The number of hydrogen-bond acceptors (Lipinski definition) is 4. The molecular weight excluding hydrogens is 289 g/mol. The van der Waals surface area contributed by atoms with Crippen LogP contribution in [0.1, 0.15) is 0 Å². The Bertz CT molecular complexity index is 516. The average Bonchev–Trinajstić information content (AvgIpc) is 2.28. The van der Waals surface area contributed by atoms with Gasteiger partial charge in [0.2, 0.25) is 11.8 Å². The van der Waals surface area contributed by atoms with Crippen molar-refractivity contribution >= 4 is 21.9 Å². The predicted molar refractivity (Wildman–Crippen MR) is 65.8 cm³/mol. The minimum Gasteiger partial charge on any atom is -0.439 e. The van der Waals surface area contributed by atoms with Crippen LogP contribution in [0.2, 0.25) is 0 Å². The van der Waals surface area contributed by atoms with E-state index < -0.39 is 0 Å². The van der Waals surface area contributed by atoms with Gasteiger partial charge in [-0.2, -0.15) is 4.98 Å². The molecule has 2 aromatic rings. The molecule has 4 nitrogen and oxygen atoms in total. The molecule has 1 aromatic carbocycles. The number of ether oxygens (including phenoxy) is 1. The van der Waals surface area contributed by atoms with E-state index in [0.717, 1.165) is 0 Å². The molecule has 88 valence electrons. The van der Waals surface area contributed by atoms with Crippen molar-refractivity contribution in [1.29, 1.82) is 0 Å². The van der Waals surface area contributed by atoms with Crippen molar-refractivity contribution < 1.29 is 9.13 Å². The Balaban J connectivity index is 2.24. The van der Waals surface area contributed by atoms with Crippen LogP contribution in [0.4, 0.5) is 10.3 Å². The highest BCUT2D eigenvalue weighted by molar-refractivity contribution is 9.10. The molecule has 0 aliphatic carbocycles. The molecule has 0 spiro atoms. The van der Waals surface area contributed by atoms with Crippen LogP contribution in [-0.2, 0) is 0 Å². The van der Waals surface area contributed by atoms with E-state index in [1.807, 2.05) is 0 Å². The normalized spacial score (nSPS) is 10.1. The summed E-state index contributed by atoms with van der Waals surface area (Å²) in [5.74, 6) is 0.787. The molecule has 17 heavy (non-hydrogen) atoms. The van der Waals surface area contributed by atoms with Crippen LogP contribution < -0.4 is 10.1 Å². The van der Waals surface area contributed by atoms with Crippen molar-refractivity contribution in [2.45, 2.75) is 0 Å². The minimum atomic E-state index is -0.378. The molecule has 0 fully saturated rings. The second kappa shape index (κ2) is 5.09. The van der Waals surface area contributed by atoms with Gasteiger partial charge in [-0.05, 0) is 12.1 Å². The standard InChI is InChI=1S/C11H9BrFN3O/c1-14-11-15-3-2-10(16-11)17-9-5-7(12)4-8(13)6-9/h2-6H,1H3,(H,14,15,16). The largest absolute Gasteiger partial charge is 0.439 e. The fourth-order valence-corrected chi connectivity index (χ4v) is 1.67. The van der Waals surface area contributed by atoms with E-state index in [0.29, 0.717) is 22.1 Å². The molecule has 0 bridgehead atoms. The molecule has 1 heterocycles. The molecule has 0 radical (unpaired) electrons. The number of nitrogens with zero attached hydrogens (tertiary/aromatic N) is 2. The zero-order valence-electron chi connectivity index (χ0n) is 8.95. The Labute approximate surface area is 106 Å². The Morgan fingerprint density at radius 2 is 2.18 bits per heavy atom. The molecule has 0 saturated heterocycles. The van der Waals surface area contributed by atoms with Crippen molar-refractivity contribution in [2.75, 3.05) is 12.4 Å². The van der Waals surface area contributed by atoms with E-state index in [1.54, 1.807) is 25.4 Å². The van der Waals surface area contributed by atoms with Crippen LogP contribution in [-0.4, -0.2) is 17.0 Å². The molecule has 0 aliphatic heterocycles.